The fourth-order valence-electron chi connectivity index (χ4n) is 2.75. The van der Waals surface area contributed by atoms with Crippen molar-refractivity contribution in [3.63, 3.8) is 0 Å². The average molecular weight is 325 g/mol. The van der Waals surface area contributed by atoms with E-state index in [1.807, 2.05) is 25.5 Å². The number of carbonyl (C=O) groups excluding carboxylic acids is 1. The van der Waals surface area contributed by atoms with Crippen molar-refractivity contribution in [3.8, 4) is 0 Å². The van der Waals surface area contributed by atoms with Crippen LogP contribution in [0.1, 0.15) is 38.4 Å². The van der Waals surface area contributed by atoms with Crippen molar-refractivity contribution in [2.45, 2.75) is 63.4 Å². The Kier molecular flexibility index (Phi) is 4.11. The first-order chi connectivity index (χ1) is 10.3. The molecule has 1 N–H and O–H groups in total. The van der Waals surface area contributed by atoms with Crippen molar-refractivity contribution in [2.75, 3.05) is 12.3 Å². The Morgan fingerprint density at radius 3 is 2.95 bits per heavy atom. The predicted octanol–water partition coefficient (Wildman–Crippen LogP) is 2.03. The minimum atomic E-state index is -0.480. The minimum Gasteiger partial charge on any atom is -0.444 e. The largest absolute Gasteiger partial charge is 0.444 e. The molecule has 0 fully saturated rings. The highest BCUT2D eigenvalue weighted by Gasteiger charge is 2.31. The molecule has 22 heavy (non-hydrogen) atoms. The van der Waals surface area contributed by atoms with Gasteiger partial charge in [-0.15, -0.1) is 11.8 Å². The SMILES string of the molecule is CC(C)(C)OC(=O)N1CCc2nn3c(c2C1)SCCC(O)C3. The highest BCUT2D eigenvalue weighted by molar-refractivity contribution is 7.99. The van der Waals surface area contributed by atoms with E-state index in [4.69, 9.17) is 4.74 Å². The molecule has 1 atom stereocenters. The van der Waals surface area contributed by atoms with Gasteiger partial charge in [0.05, 0.1) is 29.9 Å². The fraction of sp³-hybridized carbons (Fsp3) is 0.733. The topological polar surface area (TPSA) is 67.6 Å². The van der Waals surface area contributed by atoms with E-state index in [1.54, 1.807) is 16.7 Å². The van der Waals surface area contributed by atoms with Crippen LogP contribution in [0.25, 0.3) is 0 Å². The first-order valence-electron chi connectivity index (χ1n) is 7.71. The lowest BCUT2D eigenvalue weighted by Crippen LogP contribution is -2.39. The third-order valence-corrected chi connectivity index (χ3v) is 4.95. The number of aromatic nitrogens is 2. The van der Waals surface area contributed by atoms with Crippen LogP contribution >= 0.6 is 11.8 Å². The van der Waals surface area contributed by atoms with E-state index in [1.165, 1.54) is 0 Å². The van der Waals surface area contributed by atoms with Gasteiger partial charge in [-0.25, -0.2) is 4.79 Å². The van der Waals surface area contributed by atoms with Crippen LogP contribution in [0.5, 0.6) is 0 Å². The zero-order valence-electron chi connectivity index (χ0n) is 13.3. The van der Waals surface area contributed by atoms with Gasteiger partial charge in [-0.05, 0) is 27.2 Å². The Balaban J connectivity index is 1.79. The van der Waals surface area contributed by atoms with Gasteiger partial charge >= 0.3 is 6.09 Å². The number of fused-ring (bicyclic) bond motifs is 3. The van der Waals surface area contributed by atoms with Gasteiger partial charge in [0.2, 0.25) is 0 Å². The summed E-state index contributed by atoms with van der Waals surface area (Å²) in [6, 6.07) is 0. The van der Waals surface area contributed by atoms with Crippen molar-refractivity contribution in [2.24, 2.45) is 0 Å². The van der Waals surface area contributed by atoms with Crippen LogP contribution in [-0.4, -0.2) is 49.9 Å². The van der Waals surface area contributed by atoms with E-state index < -0.39 is 5.60 Å². The van der Waals surface area contributed by atoms with Crippen LogP contribution in [0.15, 0.2) is 5.03 Å². The van der Waals surface area contributed by atoms with Crippen LogP contribution in [0, 0.1) is 0 Å². The minimum absolute atomic E-state index is 0.267. The first kappa shape index (κ1) is 15.7. The zero-order chi connectivity index (χ0) is 15.9. The maximum Gasteiger partial charge on any atom is 0.410 e. The molecule has 122 valence electrons. The Morgan fingerprint density at radius 1 is 1.45 bits per heavy atom. The summed E-state index contributed by atoms with van der Waals surface area (Å²) in [5, 5.41) is 15.6. The highest BCUT2D eigenvalue weighted by atomic mass is 32.2. The molecule has 0 spiro atoms. The number of hydrogen-bond acceptors (Lipinski definition) is 5. The van der Waals surface area contributed by atoms with Gasteiger partial charge in [0.1, 0.15) is 5.60 Å². The number of rotatable bonds is 0. The molecule has 6 nitrogen and oxygen atoms in total. The summed E-state index contributed by atoms with van der Waals surface area (Å²) >= 11 is 1.72. The second-order valence-electron chi connectivity index (χ2n) is 6.86. The van der Waals surface area contributed by atoms with Gasteiger partial charge in [0, 0.05) is 24.3 Å². The fourth-order valence-corrected chi connectivity index (χ4v) is 3.96. The van der Waals surface area contributed by atoms with Crippen LogP contribution in [0.3, 0.4) is 0 Å². The van der Waals surface area contributed by atoms with E-state index in [9.17, 15) is 9.90 Å². The quantitative estimate of drug-likeness (QED) is 0.790. The van der Waals surface area contributed by atoms with Gasteiger partial charge < -0.3 is 14.7 Å². The standard InChI is InChI=1S/C15H23N3O3S/c1-15(2,3)21-14(20)17-6-4-12-11(9-17)13-18(16-12)8-10(19)5-7-22-13/h10,19H,4-9H2,1-3H3. The summed E-state index contributed by atoms with van der Waals surface area (Å²) in [5.74, 6) is 0.881. The monoisotopic (exact) mass is 325 g/mol. The number of carbonyl (C=O) groups is 1. The van der Waals surface area contributed by atoms with E-state index in [0.717, 1.165) is 34.9 Å². The molecule has 0 bridgehead atoms. The van der Waals surface area contributed by atoms with Crippen molar-refractivity contribution >= 4 is 17.9 Å². The van der Waals surface area contributed by atoms with Crippen molar-refractivity contribution in [1.82, 2.24) is 14.7 Å². The first-order valence-corrected chi connectivity index (χ1v) is 8.69. The van der Waals surface area contributed by atoms with Crippen molar-refractivity contribution < 1.29 is 14.6 Å². The molecule has 0 saturated carbocycles. The van der Waals surface area contributed by atoms with Gasteiger partial charge in [0.25, 0.3) is 0 Å². The summed E-state index contributed by atoms with van der Waals surface area (Å²) in [7, 11) is 0. The molecule has 3 heterocycles. The van der Waals surface area contributed by atoms with Crippen LogP contribution in [0.2, 0.25) is 0 Å². The third-order valence-electron chi connectivity index (χ3n) is 3.78. The smallest absolute Gasteiger partial charge is 0.410 e. The molecule has 0 saturated heterocycles. The lowest BCUT2D eigenvalue weighted by Gasteiger charge is -2.29. The molecule has 1 amide bonds. The molecule has 0 aliphatic carbocycles. The number of nitrogens with zero attached hydrogens (tertiary/aromatic N) is 3. The average Bonchev–Trinajstić information content (AvgIpc) is 2.62. The predicted molar refractivity (Wildman–Crippen MR) is 83.9 cm³/mol. The Morgan fingerprint density at radius 2 is 2.23 bits per heavy atom. The molecule has 0 radical (unpaired) electrons. The number of amides is 1. The molecule has 2 aliphatic heterocycles. The number of ether oxygens (including phenoxy) is 1. The van der Waals surface area contributed by atoms with Gasteiger partial charge in [0.15, 0.2) is 0 Å². The number of thioether (sulfide) groups is 1. The lowest BCUT2D eigenvalue weighted by molar-refractivity contribution is 0.0222. The molecular formula is C15H23N3O3S. The summed E-state index contributed by atoms with van der Waals surface area (Å²) in [6.45, 7) is 7.35. The van der Waals surface area contributed by atoms with Crippen LogP contribution in [-0.2, 0) is 24.2 Å². The maximum atomic E-state index is 12.3. The van der Waals surface area contributed by atoms with Gasteiger partial charge in [-0.2, -0.15) is 5.10 Å². The molecule has 1 unspecified atom stereocenters. The third kappa shape index (κ3) is 3.25. The normalized spacial score (nSPS) is 21.8. The summed E-state index contributed by atoms with van der Waals surface area (Å²) < 4.78 is 7.38. The van der Waals surface area contributed by atoms with Gasteiger partial charge in [-0.1, -0.05) is 0 Å². The molecule has 7 heteroatoms. The second kappa shape index (κ2) is 5.77. The molecule has 3 rings (SSSR count). The Hall–Kier alpha value is -1.21. The lowest BCUT2D eigenvalue weighted by atomic mass is 10.1. The maximum absolute atomic E-state index is 12.3. The van der Waals surface area contributed by atoms with E-state index in [0.29, 0.717) is 19.6 Å². The molecule has 2 aliphatic rings. The Bertz CT molecular complexity index is 579. The van der Waals surface area contributed by atoms with E-state index in [-0.39, 0.29) is 12.2 Å². The summed E-state index contributed by atoms with van der Waals surface area (Å²) in [6.07, 6.45) is 0.915. The highest BCUT2D eigenvalue weighted by Crippen LogP contribution is 2.33. The number of hydrogen-bond donors (Lipinski definition) is 1. The number of aliphatic hydroxyl groups excluding tert-OH is 1. The summed E-state index contributed by atoms with van der Waals surface area (Å²) in [5.41, 5.74) is 1.69. The molecule has 0 aromatic carbocycles. The Labute approximate surface area is 134 Å². The van der Waals surface area contributed by atoms with E-state index >= 15 is 0 Å². The molecule has 1 aromatic heterocycles. The van der Waals surface area contributed by atoms with Crippen molar-refractivity contribution in [1.29, 1.82) is 0 Å². The number of aliphatic hydroxyl groups is 1. The summed E-state index contributed by atoms with van der Waals surface area (Å²) in [4.78, 5) is 14.0. The van der Waals surface area contributed by atoms with Gasteiger partial charge in [-0.3, -0.25) is 4.68 Å². The van der Waals surface area contributed by atoms with Crippen LogP contribution < -0.4 is 0 Å². The van der Waals surface area contributed by atoms with Crippen LogP contribution in [0.4, 0.5) is 4.79 Å². The molecule has 1 aromatic rings. The zero-order valence-corrected chi connectivity index (χ0v) is 14.2. The second-order valence-corrected chi connectivity index (χ2v) is 7.94. The van der Waals surface area contributed by atoms with E-state index in [2.05, 4.69) is 5.10 Å². The van der Waals surface area contributed by atoms with Crippen molar-refractivity contribution in [3.05, 3.63) is 11.3 Å². The molecular weight excluding hydrogens is 302 g/mol.